The van der Waals surface area contributed by atoms with Crippen LogP contribution < -0.4 is 0 Å². The summed E-state index contributed by atoms with van der Waals surface area (Å²) in [7, 11) is 0. The topological polar surface area (TPSA) is 12.9 Å². The zero-order valence-electron chi connectivity index (χ0n) is 21.3. The van der Waals surface area contributed by atoms with Gasteiger partial charge in [0.1, 0.15) is 0 Å². The number of nitrogens with zero attached hydrogens (tertiary/aromatic N) is 1. The minimum Gasteiger partial charge on any atom is -0.256 e. The summed E-state index contributed by atoms with van der Waals surface area (Å²) in [6.45, 7) is 9.56. The summed E-state index contributed by atoms with van der Waals surface area (Å²) in [5.41, 5.74) is 15.8. The second kappa shape index (κ2) is 7.27. The molecule has 0 saturated heterocycles. The summed E-state index contributed by atoms with van der Waals surface area (Å²) < 4.78 is 0. The van der Waals surface area contributed by atoms with Gasteiger partial charge in [0.15, 0.2) is 0 Å². The van der Waals surface area contributed by atoms with Crippen LogP contribution in [0.4, 0.5) is 0 Å². The van der Waals surface area contributed by atoms with Gasteiger partial charge in [-0.3, -0.25) is 4.98 Å². The maximum Gasteiger partial charge on any atom is 0.0708 e. The highest BCUT2D eigenvalue weighted by Gasteiger charge is 2.45. The van der Waals surface area contributed by atoms with Gasteiger partial charge in [0.05, 0.1) is 5.69 Å². The van der Waals surface area contributed by atoms with Crippen LogP contribution in [0.5, 0.6) is 0 Å². The van der Waals surface area contributed by atoms with Gasteiger partial charge in [-0.2, -0.15) is 0 Å². The molecule has 7 rings (SSSR count). The fourth-order valence-corrected chi connectivity index (χ4v) is 6.84. The molecule has 0 amide bonds. The molecular formula is C35H29N. The maximum atomic E-state index is 4.77. The Labute approximate surface area is 213 Å². The van der Waals surface area contributed by atoms with Crippen molar-refractivity contribution in [3.05, 3.63) is 126 Å². The molecule has 0 aliphatic heterocycles. The summed E-state index contributed by atoms with van der Waals surface area (Å²) in [6, 6.07) is 35.4. The second-order valence-electron chi connectivity index (χ2n) is 11.2. The Kier molecular flexibility index (Phi) is 4.31. The molecule has 36 heavy (non-hydrogen) atoms. The molecule has 4 aromatic carbocycles. The molecule has 0 radical (unpaired) electrons. The lowest BCUT2D eigenvalue weighted by Gasteiger charge is -2.31. The Hall–Kier alpha value is -3.97. The predicted molar refractivity (Wildman–Crippen MR) is 150 cm³/mol. The third-order valence-electron chi connectivity index (χ3n) is 8.48. The molecular weight excluding hydrogens is 434 g/mol. The van der Waals surface area contributed by atoms with Crippen LogP contribution in [0.1, 0.15) is 49.9 Å². The Morgan fingerprint density at radius 1 is 0.500 bits per heavy atom. The Balaban J connectivity index is 1.61. The average molecular weight is 464 g/mol. The van der Waals surface area contributed by atoms with Crippen LogP contribution in [0, 0.1) is 0 Å². The van der Waals surface area contributed by atoms with Crippen LogP contribution in [-0.2, 0) is 10.8 Å². The molecule has 0 saturated carbocycles. The van der Waals surface area contributed by atoms with Crippen molar-refractivity contribution in [3.8, 4) is 44.6 Å². The van der Waals surface area contributed by atoms with E-state index in [0.717, 1.165) is 11.3 Å². The molecule has 1 heteroatoms. The fraction of sp³-hybridized carbons (Fsp3) is 0.171. The van der Waals surface area contributed by atoms with Crippen LogP contribution >= 0.6 is 0 Å². The number of benzene rings is 4. The molecule has 1 heterocycles. The SMILES string of the molecule is CC1(C)c2ccccc2-c2cc3c(c(-c4ccnc(-c5ccccc5)c4)c21)C(C)(C)c1ccccc1-3. The number of fused-ring (bicyclic) bond motifs is 6. The van der Waals surface area contributed by atoms with Crippen LogP contribution in [0.2, 0.25) is 0 Å². The molecule has 0 N–H and O–H groups in total. The number of pyridine rings is 1. The third kappa shape index (κ3) is 2.74. The molecule has 0 unspecified atom stereocenters. The van der Waals surface area contributed by atoms with Crippen LogP contribution in [0.25, 0.3) is 44.6 Å². The van der Waals surface area contributed by atoms with E-state index in [0.29, 0.717) is 0 Å². The standard InChI is InChI=1S/C35H29N/c1-34(2)28-16-10-8-14-24(28)26-21-27-25-15-9-11-17-29(25)35(3,4)33(27)31(32(26)34)23-18-19-36-30(20-23)22-12-6-5-7-13-22/h5-21H,1-4H3. The molecule has 5 aromatic rings. The van der Waals surface area contributed by atoms with E-state index in [-0.39, 0.29) is 10.8 Å². The van der Waals surface area contributed by atoms with Crippen molar-refractivity contribution < 1.29 is 0 Å². The first-order valence-electron chi connectivity index (χ1n) is 12.8. The number of hydrogen-bond acceptors (Lipinski definition) is 1. The summed E-state index contributed by atoms with van der Waals surface area (Å²) in [5, 5.41) is 0. The summed E-state index contributed by atoms with van der Waals surface area (Å²) in [6.07, 6.45) is 1.98. The van der Waals surface area contributed by atoms with Crippen LogP contribution in [0.3, 0.4) is 0 Å². The van der Waals surface area contributed by atoms with Crippen LogP contribution in [0.15, 0.2) is 103 Å². The molecule has 0 fully saturated rings. The minimum atomic E-state index is -0.0999. The van der Waals surface area contributed by atoms with Gasteiger partial charge in [-0.25, -0.2) is 0 Å². The van der Waals surface area contributed by atoms with Crippen molar-refractivity contribution >= 4 is 0 Å². The smallest absolute Gasteiger partial charge is 0.0708 e. The monoisotopic (exact) mass is 463 g/mol. The van der Waals surface area contributed by atoms with Gasteiger partial charge in [0, 0.05) is 22.6 Å². The number of rotatable bonds is 2. The molecule has 1 nitrogen and oxygen atoms in total. The normalized spacial score (nSPS) is 15.7. The van der Waals surface area contributed by atoms with Crippen molar-refractivity contribution in [2.75, 3.05) is 0 Å². The predicted octanol–water partition coefficient (Wildman–Crippen LogP) is 9.03. The third-order valence-corrected chi connectivity index (χ3v) is 8.48. The first-order valence-corrected chi connectivity index (χ1v) is 12.8. The van der Waals surface area contributed by atoms with E-state index in [2.05, 4.69) is 125 Å². The summed E-state index contributed by atoms with van der Waals surface area (Å²) >= 11 is 0. The molecule has 1 aromatic heterocycles. The first-order chi connectivity index (χ1) is 17.4. The van der Waals surface area contributed by atoms with E-state index < -0.39 is 0 Å². The van der Waals surface area contributed by atoms with E-state index >= 15 is 0 Å². The zero-order chi connectivity index (χ0) is 24.7. The quantitative estimate of drug-likeness (QED) is 0.254. The fourth-order valence-electron chi connectivity index (χ4n) is 6.84. The van der Waals surface area contributed by atoms with E-state index in [9.17, 15) is 0 Å². The van der Waals surface area contributed by atoms with Gasteiger partial charge >= 0.3 is 0 Å². The minimum absolute atomic E-state index is 0.0999. The van der Waals surface area contributed by atoms with Crippen molar-refractivity contribution in [1.29, 1.82) is 0 Å². The van der Waals surface area contributed by atoms with Gasteiger partial charge in [0.2, 0.25) is 0 Å². The zero-order valence-corrected chi connectivity index (χ0v) is 21.3. The van der Waals surface area contributed by atoms with Crippen molar-refractivity contribution in [2.24, 2.45) is 0 Å². The largest absolute Gasteiger partial charge is 0.256 e. The lowest BCUT2D eigenvalue weighted by molar-refractivity contribution is 0.642. The van der Waals surface area contributed by atoms with Crippen molar-refractivity contribution in [1.82, 2.24) is 4.98 Å². The van der Waals surface area contributed by atoms with Crippen molar-refractivity contribution in [3.63, 3.8) is 0 Å². The van der Waals surface area contributed by atoms with Gasteiger partial charge in [-0.05, 0) is 73.8 Å². The lowest BCUT2D eigenvalue weighted by atomic mass is 9.72. The Morgan fingerprint density at radius 2 is 1.03 bits per heavy atom. The van der Waals surface area contributed by atoms with Gasteiger partial charge in [-0.1, -0.05) is 107 Å². The van der Waals surface area contributed by atoms with E-state index in [1.165, 1.54) is 55.6 Å². The second-order valence-corrected chi connectivity index (χ2v) is 11.2. The lowest BCUT2D eigenvalue weighted by Crippen LogP contribution is -2.21. The molecule has 0 spiro atoms. The molecule has 2 aliphatic carbocycles. The molecule has 174 valence electrons. The average Bonchev–Trinajstić information content (AvgIpc) is 3.28. The highest BCUT2D eigenvalue weighted by molar-refractivity contribution is 5.98. The highest BCUT2D eigenvalue weighted by atomic mass is 14.7. The van der Waals surface area contributed by atoms with E-state index in [1.807, 2.05) is 6.20 Å². The molecule has 2 aliphatic rings. The Bertz CT molecular complexity index is 1590. The molecule has 0 atom stereocenters. The number of hydrogen-bond donors (Lipinski definition) is 0. The van der Waals surface area contributed by atoms with Gasteiger partial charge in [-0.15, -0.1) is 0 Å². The number of aromatic nitrogens is 1. The van der Waals surface area contributed by atoms with Gasteiger partial charge in [0.25, 0.3) is 0 Å². The van der Waals surface area contributed by atoms with Gasteiger partial charge < -0.3 is 0 Å². The summed E-state index contributed by atoms with van der Waals surface area (Å²) in [5.74, 6) is 0. The van der Waals surface area contributed by atoms with E-state index in [4.69, 9.17) is 4.98 Å². The van der Waals surface area contributed by atoms with Crippen LogP contribution in [-0.4, -0.2) is 4.98 Å². The Morgan fingerprint density at radius 3 is 1.61 bits per heavy atom. The highest BCUT2D eigenvalue weighted by Crippen LogP contribution is 2.60. The van der Waals surface area contributed by atoms with E-state index in [1.54, 1.807) is 0 Å². The summed E-state index contributed by atoms with van der Waals surface area (Å²) in [4.78, 5) is 4.77. The first kappa shape index (κ1) is 21.3. The van der Waals surface area contributed by atoms with Crippen molar-refractivity contribution in [2.45, 2.75) is 38.5 Å². The molecule has 0 bridgehead atoms. The maximum absolute atomic E-state index is 4.77.